The number of carbonyl (C=O) groups is 1. The van der Waals surface area contributed by atoms with Crippen LogP contribution in [-0.4, -0.2) is 51.1 Å². The predicted octanol–water partition coefficient (Wildman–Crippen LogP) is 1.24. The molecule has 1 amide bonds. The molecule has 0 atom stereocenters. The molecule has 1 N–H and O–H groups in total. The number of nitrogens with zero attached hydrogens (tertiary/aromatic N) is 1. The number of rotatable bonds is 3. The number of carbonyl (C=O) groups excluding carboxylic acids is 1. The van der Waals surface area contributed by atoms with E-state index in [1.54, 1.807) is 37.8 Å². The molecule has 1 aromatic carbocycles. The van der Waals surface area contributed by atoms with E-state index in [0.29, 0.717) is 31.9 Å². The second-order valence-electron chi connectivity index (χ2n) is 6.28. The van der Waals surface area contributed by atoms with Crippen LogP contribution in [0.25, 0.3) is 0 Å². The lowest BCUT2D eigenvalue weighted by molar-refractivity contribution is 0.0303. The lowest BCUT2D eigenvalue weighted by Gasteiger charge is -2.27. The van der Waals surface area contributed by atoms with E-state index >= 15 is 0 Å². The Morgan fingerprint density at radius 1 is 1.14 bits per heavy atom. The van der Waals surface area contributed by atoms with E-state index in [1.165, 1.54) is 12.1 Å². The van der Waals surface area contributed by atoms with Crippen molar-refractivity contribution in [1.29, 1.82) is 0 Å². The summed E-state index contributed by atoms with van der Waals surface area (Å²) in [6.07, 6.45) is 0. The first-order valence-electron chi connectivity index (χ1n) is 7.20. The lowest BCUT2D eigenvalue weighted by atomic mass is 10.1. The summed E-state index contributed by atoms with van der Waals surface area (Å²) >= 11 is 0. The van der Waals surface area contributed by atoms with Gasteiger partial charge in [-0.3, -0.25) is 4.79 Å². The van der Waals surface area contributed by atoms with E-state index in [-0.39, 0.29) is 10.8 Å². The molecule has 1 saturated heterocycles. The monoisotopic (exact) mass is 326 g/mol. The van der Waals surface area contributed by atoms with Crippen LogP contribution in [0.2, 0.25) is 0 Å². The molecule has 0 bridgehead atoms. The standard InChI is InChI=1S/C15H22N2O4S/c1-15(2,3)16-22(19,20)13-6-4-12(5-7-13)14(18)17-8-10-21-11-9-17/h4-7,16H,8-11H2,1-3H3. The summed E-state index contributed by atoms with van der Waals surface area (Å²) in [4.78, 5) is 14.2. The molecule has 0 saturated carbocycles. The maximum absolute atomic E-state index is 12.3. The molecule has 2 rings (SSSR count). The van der Waals surface area contributed by atoms with E-state index < -0.39 is 15.6 Å². The van der Waals surface area contributed by atoms with Gasteiger partial charge < -0.3 is 9.64 Å². The zero-order valence-electron chi connectivity index (χ0n) is 13.1. The minimum Gasteiger partial charge on any atom is -0.378 e. The SMILES string of the molecule is CC(C)(C)NS(=O)(=O)c1ccc(C(=O)N2CCOCC2)cc1. The summed E-state index contributed by atoms with van der Waals surface area (Å²) in [6.45, 7) is 7.53. The summed E-state index contributed by atoms with van der Waals surface area (Å²) in [5.41, 5.74) is -0.0715. The molecule has 122 valence electrons. The van der Waals surface area contributed by atoms with Gasteiger partial charge in [-0.15, -0.1) is 0 Å². The van der Waals surface area contributed by atoms with Gasteiger partial charge in [-0.2, -0.15) is 0 Å². The Labute approximate surface area is 131 Å². The Morgan fingerprint density at radius 3 is 2.18 bits per heavy atom. The number of nitrogens with one attached hydrogen (secondary N) is 1. The third kappa shape index (κ3) is 4.28. The normalized spacial score (nSPS) is 16.6. The Morgan fingerprint density at radius 2 is 1.68 bits per heavy atom. The Balaban J connectivity index is 2.14. The predicted molar refractivity (Wildman–Crippen MR) is 83.2 cm³/mol. The highest BCUT2D eigenvalue weighted by Crippen LogP contribution is 2.15. The molecule has 1 heterocycles. The fraction of sp³-hybridized carbons (Fsp3) is 0.533. The van der Waals surface area contributed by atoms with Gasteiger partial charge in [0, 0.05) is 24.2 Å². The average molecular weight is 326 g/mol. The minimum absolute atomic E-state index is 0.101. The third-order valence-electron chi connectivity index (χ3n) is 3.15. The molecule has 1 aliphatic heterocycles. The van der Waals surface area contributed by atoms with Crippen LogP contribution in [0.1, 0.15) is 31.1 Å². The highest BCUT2D eigenvalue weighted by Gasteiger charge is 2.23. The van der Waals surface area contributed by atoms with Gasteiger partial charge in [0.2, 0.25) is 10.0 Å². The number of hydrogen-bond donors (Lipinski definition) is 1. The minimum atomic E-state index is -3.58. The molecule has 0 spiro atoms. The number of benzene rings is 1. The molecular formula is C15H22N2O4S. The van der Waals surface area contributed by atoms with Crippen molar-refractivity contribution < 1.29 is 17.9 Å². The maximum Gasteiger partial charge on any atom is 0.254 e. The van der Waals surface area contributed by atoms with Gasteiger partial charge in [-0.25, -0.2) is 13.1 Å². The molecule has 0 aliphatic carbocycles. The van der Waals surface area contributed by atoms with Crippen molar-refractivity contribution in [1.82, 2.24) is 9.62 Å². The Hall–Kier alpha value is -1.44. The quantitative estimate of drug-likeness (QED) is 0.906. The molecule has 6 nitrogen and oxygen atoms in total. The summed E-state index contributed by atoms with van der Waals surface area (Å²) in [5.74, 6) is -0.101. The van der Waals surface area contributed by atoms with Crippen molar-refractivity contribution in [3.8, 4) is 0 Å². The number of morpholine rings is 1. The number of sulfonamides is 1. The highest BCUT2D eigenvalue weighted by atomic mass is 32.2. The molecule has 0 aromatic heterocycles. The van der Waals surface area contributed by atoms with Crippen LogP contribution in [0.3, 0.4) is 0 Å². The van der Waals surface area contributed by atoms with Gasteiger partial charge >= 0.3 is 0 Å². The summed E-state index contributed by atoms with van der Waals surface area (Å²) in [7, 11) is -3.58. The first-order chi connectivity index (χ1) is 10.2. The molecule has 0 radical (unpaired) electrons. The topological polar surface area (TPSA) is 75.7 Å². The van der Waals surface area contributed by atoms with Crippen molar-refractivity contribution in [2.75, 3.05) is 26.3 Å². The first-order valence-corrected chi connectivity index (χ1v) is 8.68. The van der Waals surface area contributed by atoms with Crippen LogP contribution in [0, 0.1) is 0 Å². The fourth-order valence-corrected chi connectivity index (χ4v) is 3.61. The van der Waals surface area contributed by atoms with Crippen LogP contribution in [0.5, 0.6) is 0 Å². The zero-order valence-corrected chi connectivity index (χ0v) is 13.9. The van der Waals surface area contributed by atoms with E-state index in [2.05, 4.69) is 4.72 Å². The van der Waals surface area contributed by atoms with Crippen LogP contribution in [0.4, 0.5) is 0 Å². The number of amides is 1. The van der Waals surface area contributed by atoms with E-state index in [4.69, 9.17) is 4.74 Å². The summed E-state index contributed by atoms with van der Waals surface area (Å²) < 4.78 is 32.2. The van der Waals surface area contributed by atoms with Crippen molar-refractivity contribution >= 4 is 15.9 Å². The van der Waals surface area contributed by atoms with Crippen molar-refractivity contribution in [2.24, 2.45) is 0 Å². The molecule has 7 heteroatoms. The lowest BCUT2D eigenvalue weighted by Crippen LogP contribution is -2.41. The van der Waals surface area contributed by atoms with Gasteiger partial charge in [0.25, 0.3) is 5.91 Å². The summed E-state index contributed by atoms with van der Waals surface area (Å²) in [5, 5.41) is 0. The second kappa shape index (κ2) is 6.36. The van der Waals surface area contributed by atoms with Crippen LogP contribution in [0.15, 0.2) is 29.2 Å². The van der Waals surface area contributed by atoms with E-state index in [1.807, 2.05) is 0 Å². The van der Waals surface area contributed by atoms with E-state index in [9.17, 15) is 13.2 Å². The van der Waals surface area contributed by atoms with Gasteiger partial charge in [0.1, 0.15) is 0 Å². The molecule has 22 heavy (non-hydrogen) atoms. The van der Waals surface area contributed by atoms with Gasteiger partial charge in [0.15, 0.2) is 0 Å². The highest BCUT2D eigenvalue weighted by molar-refractivity contribution is 7.89. The molecular weight excluding hydrogens is 304 g/mol. The number of ether oxygens (including phenoxy) is 1. The fourth-order valence-electron chi connectivity index (χ4n) is 2.19. The first kappa shape index (κ1) is 16.9. The van der Waals surface area contributed by atoms with Gasteiger partial charge in [-0.1, -0.05) is 0 Å². The van der Waals surface area contributed by atoms with E-state index in [0.717, 1.165) is 0 Å². The van der Waals surface area contributed by atoms with Crippen LogP contribution in [-0.2, 0) is 14.8 Å². The van der Waals surface area contributed by atoms with Crippen molar-refractivity contribution in [2.45, 2.75) is 31.2 Å². The smallest absolute Gasteiger partial charge is 0.254 e. The van der Waals surface area contributed by atoms with Crippen LogP contribution >= 0.6 is 0 Å². The summed E-state index contributed by atoms with van der Waals surface area (Å²) in [6, 6.07) is 6.02. The van der Waals surface area contributed by atoms with Gasteiger partial charge in [-0.05, 0) is 45.0 Å². The Bertz CT molecular complexity index is 627. The zero-order chi connectivity index (χ0) is 16.4. The molecule has 1 aliphatic rings. The Kier molecular flexibility index (Phi) is 4.89. The van der Waals surface area contributed by atoms with Crippen LogP contribution < -0.4 is 4.72 Å². The maximum atomic E-state index is 12.3. The molecule has 1 aromatic rings. The number of hydrogen-bond acceptors (Lipinski definition) is 4. The molecule has 1 fully saturated rings. The third-order valence-corrected chi connectivity index (χ3v) is 4.92. The molecule has 0 unspecified atom stereocenters. The largest absolute Gasteiger partial charge is 0.378 e. The van der Waals surface area contributed by atoms with Gasteiger partial charge in [0.05, 0.1) is 18.1 Å². The van der Waals surface area contributed by atoms with Crippen molar-refractivity contribution in [3.05, 3.63) is 29.8 Å². The second-order valence-corrected chi connectivity index (χ2v) is 7.97. The van der Waals surface area contributed by atoms with Crippen molar-refractivity contribution in [3.63, 3.8) is 0 Å². The average Bonchev–Trinajstić information content (AvgIpc) is 2.45.